The molecular weight excluding hydrogens is 234 g/mol. The summed E-state index contributed by atoms with van der Waals surface area (Å²) in [5.74, 6) is -0.432. The maximum Gasteiger partial charge on any atom is 0.182 e. The van der Waals surface area contributed by atoms with E-state index in [1.54, 1.807) is 12.1 Å². The summed E-state index contributed by atoms with van der Waals surface area (Å²) in [6.07, 6.45) is 1.04. The third kappa shape index (κ3) is 2.34. The Hall–Kier alpha value is -1.16. The second kappa shape index (κ2) is 5.22. The molecule has 1 aliphatic heterocycles. The Morgan fingerprint density at radius 1 is 1.33 bits per heavy atom. The van der Waals surface area contributed by atoms with Gasteiger partial charge < -0.3 is 10.6 Å². The van der Waals surface area contributed by atoms with Gasteiger partial charge in [0.2, 0.25) is 0 Å². The lowest BCUT2D eigenvalue weighted by molar-refractivity contribution is 0.422. The average Bonchev–Trinajstić information content (AvgIpc) is 2.82. The summed E-state index contributed by atoms with van der Waals surface area (Å²) >= 11 is 0. The van der Waals surface area contributed by atoms with Crippen molar-refractivity contribution in [3.8, 4) is 0 Å². The summed E-state index contributed by atoms with van der Waals surface area (Å²) in [5, 5.41) is 0. The fourth-order valence-electron chi connectivity index (χ4n) is 2.53. The lowest BCUT2D eigenvalue weighted by Crippen LogP contribution is -2.23. The minimum absolute atomic E-state index is 0.0254. The van der Waals surface area contributed by atoms with Crippen LogP contribution in [0.25, 0.3) is 0 Å². The Kier molecular flexibility index (Phi) is 3.85. The molecule has 0 amide bonds. The van der Waals surface area contributed by atoms with E-state index in [1.165, 1.54) is 0 Å². The van der Waals surface area contributed by atoms with Gasteiger partial charge in [-0.3, -0.25) is 0 Å². The Morgan fingerprint density at radius 3 is 2.61 bits per heavy atom. The molecule has 0 saturated carbocycles. The Balaban J connectivity index is 2.23. The standard InChI is InChI=1S/C14H20F2N2/c1-9(2)11-5-6-18(8-11)12-4-3-10(7-17)13(15)14(12)16/h3-4,9,11H,5-8,17H2,1-2H3. The van der Waals surface area contributed by atoms with E-state index in [-0.39, 0.29) is 12.1 Å². The smallest absolute Gasteiger partial charge is 0.182 e. The van der Waals surface area contributed by atoms with Gasteiger partial charge in [-0.2, -0.15) is 0 Å². The van der Waals surface area contributed by atoms with Crippen molar-refractivity contribution in [2.24, 2.45) is 17.6 Å². The van der Waals surface area contributed by atoms with Crippen LogP contribution in [0.2, 0.25) is 0 Å². The predicted molar refractivity (Wildman–Crippen MR) is 69.4 cm³/mol. The van der Waals surface area contributed by atoms with Crippen LogP contribution in [0.1, 0.15) is 25.8 Å². The molecule has 0 radical (unpaired) electrons. The van der Waals surface area contributed by atoms with Gasteiger partial charge in [0.1, 0.15) is 0 Å². The van der Waals surface area contributed by atoms with E-state index in [9.17, 15) is 8.78 Å². The van der Waals surface area contributed by atoms with Gasteiger partial charge in [0, 0.05) is 25.2 Å². The first-order valence-electron chi connectivity index (χ1n) is 6.46. The fourth-order valence-corrected chi connectivity index (χ4v) is 2.53. The second-order valence-corrected chi connectivity index (χ2v) is 5.31. The average molecular weight is 254 g/mol. The zero-order valence-electron chi connectivity index (χ0n) is 10.9. The van der Waals surface area contributed by atoms with Crippen LogP contribution >= 0.6 is 0 Å². The zero-order chi connectivity index (χ0) is 13.3. The predicted octanol–water partition coefficient (Wildman–Crippen LogP) is 2.91. The first-order valence-corrected chi connectivity index (χ1v) is 6.46. The van der Waals surface area contributed by atoms with E-state index in [0.29, 0.717) is 17.5 Å². The maximum absolute atomic E-state index is 14.0. The monoisotopic (exact) mass is 254 g/mol. The van der Waals surface area contributed by atoms with Crippen LogP contribution in [-0.2, 0) is 6.54 Å². The lowest BCUT2D eigenvalue weighted by Gasteiger charge is -2.21. The number of benzene rings is 1. The third-order valence-corrected chi connectivity index (χ3v) is 3.87. The van der Waals surface area contributed by atoms with E-state index < -0.39 is 11.6 Å². The Bertz CT molecular complexity index is 432. The molecule has 2 N–H and O–H groups in total. The molecule has 1 aromatic rings. The van der Waals surface area contributed by atoms with E-state index >= 15 is 0 Å². The maximum atomic E-state index is 14.0. The highest BCUT2D eigenvalue weighted by molar-refractivity contribution is 5.50. The molecule has 1 atom stereocenters. The largest absolute Gasteiger partial charge is 0.369 e. The van der Waals surface area contributed by atoms with Crippen LogP contribution in [0.5, 0.6) is 0 Å². The number of nitrogens with zero attached hydrogens (tertiary/aromatic N) is 1. The highest BCUT2D eigenvalue weighted by Gasteiger charge is 2.27. The topological polar surface area (TPSA) is 29.3 Å². The third-order valence-electron chi connectivity index (χ3n) is 3.87. The van der Waals surface area contributed by atoms with Crippen LogP contribution in [0.3, 0.4) is 0 Å². The number of hydrogen-bond acceptors (Lipinski definition) is 2. The molecule has 1 unspecified atom stereocenters. The summed E-state index contributed by atoms with van der Waals surface area (Å²) in [4.78, 5) is 1.93. The Morgan fingerprint density at radius 2 is 2.06 bits per heavy atom. The van der Waals surface area contributed by atoms with Crippen LogP contribution < -0.4 is 10.6 Å². The molecular formula is C14H20F2N2. The van der Waals surface area contributed by atoms with E-state index in [4.69, 9.17) is 5.73 Å². The molecule has 4 heteroatoms. The first-order chi connectivity index (χ1) is 8.54. The van der Waals surface area contributed by atoms with Crippen molar-refractivity contribution in [3.63, 3.8) is 0 Å². The van der Waals surface area contributed by atoms with E-state index in [1.807, 2.05) is 4.90 Å². The molecule has 0 aliphatic carbocycles. The molecule has 1 fully saturated rings. The van der Waals surface area contributed by atoms with Gasteiger partial charge in [0.05, 0.1) is 5.69 Å². The van der Waals surface area contributed by atoms with Gasteiger partial charge in [-0.15, -0.1) is 0 Å². The van der Waals surface area contributed by atoms with Crippen LogP contribution in [0, 0.1) is 23.5 Å². The van der Waals surface area contributed by atoms with Crippen molar-refractivity contribution in [2.45, 2.75) is 26.8 Å². The van der Waals surface area contributed by atoms with Crippen molar-refractivity contribution in [1.29, 1.82) is 0 Å². The molecule has 2 rings (SSSR count). The van der Waals surface area contributed by atoms with Gasteiger partial charge in [-0.1, -0.05) is 19.9 Å². The molecule has 1 aliphatic rings. The molecule has 0 aromatic heterocycles. The molecule has 100 valence electrons. The molecule has 1 aromatic carbocycles. The van der Waals surface area contributed by atoms with Gasteiger partial charge in [0.25, 0.3) is 0 Å². The fraction of sp³-hybridized carbons (Fsp3) is 0.571. The summed E-state index contributed by atoms with van der Waals surface area (Å²) in [6, 6.07) is 3.22. The van der Waals surface area contributed by atoms with Crippen LogP contribution in [0.15, 0.2) is 12.1 Å². The molecule has 1 saturated heterocycles. The molecule has 18 heavy (non-hydrogen) atoms. The molecule has 0 bridgehead atoms. The van der Waals surface area contributed by atoms with Crippen molar-refractivity contribution in [1.82, 2.24) is 0 Å². The van der Waals surface area contributed by atoms with Crippen LogP contribution in [0.4, 0.5) is 14.5 Å². The highest BCUT2D eigenvalue weighted by Crippen LogP contribution is 2.31. The number of rotatable bonds is 3. The minimum Gasteiger partial charge on any atom is -0.369 e. The number of halogens is 2. The second-order valence-electron chi connectivity index (χ2n) is 5.31. The summed E-state index contributed by atoms with van der Waals surface area (Å²) in [7, 11) is 0. The first kappa shape index (κ1) is 13.3. The van der Waals surface area contributed by atoms with Gasteiger partial charge >= 0.3 is 0 Å². The normalized spacial score (nSPS) is 19.9. The SMILES string of the molecule is CC(C)C1CCN(c2ccc(CN)c(F)c2F)C1. The Labute approximate surface area is 107 Å². The van der Waals surface area contributed by atoms with E-state index in [2.05, 4.69) is 13.8 Å². The number of hydrogen-bond donors (Lipinski definition) is 1. The summed E-state index contributed by atoms with van der Waals surface area (Å²) in [5.41, 5.74) is 5.97. The lowest BCUT2D eigenvalue weighted by atomic mass is 9.95. The summed E-state index contributed by atoms with van der Waals surface area (Å²) < 4.78 is 27.6. The zero-order valence-corrected chi connectivity index (χ0v) is 10.9. The van der Waals surface area contributed by atoms with Crippen molar-refractivity contribution < 1.29 is 8.78 Å². The van der Waals surface area contributed by atoms with E-state index in [0.717, 1.165) is 19.5 Å². The quantitative estimate of drug-likeness (QED) is 0.898. The van der Waals surface area contributed by atoms with Gasteiger partial charge in [-0.05, 0) is 24.3 Å². The highest BCUT2D eigenvalue weighted by atomic mass is 19.2. The molecule has 0 spiro atoms. The van der Waals surface area contributed by atoms with Gasteiger partial charge in [-0.25, -0.2) is 8.78 Å². The van der Waals surface area contributed by atoms with Crippen molar-refractivity contribution >= 4 is 5.69 Å². The number of nitrogens with two attached hydrogens (primary N) is 1. The minimum atomic E-state index is -0.803. The summed E-state index contributed by atoms with van der Waals surface area (Å²) in [6.45, 7) is 5.96. The van der Waals surface area contributed by atoms with Crippen molar-refractivity contribution in [3.05, 3.63) is 29.3 Å². The van der Waals surface area contributed by atoms with Crippen LogP contribution in [-0.4, -0.2) is 13.1 Å². The van der Waals surface area contributed by atoms with Crippen molar-refractivity contribution in [2.75, 3.05) is 18.0 Å². The van der Waals surface area contributed by atoms with Gasteiger partial charge in [0.15, 0.2) is 11.6 Å². The number of anilines is 1. The molecule has 2 nitrogen and oxygen atoms in total. The molecule has 1 heterocycles.